The maximum absolute atomic E-state index is 13.6. The van der Waals surface area contributed by atoms with Crippen LogP contribution in [0.15, 0.2) is 24.3 Å². The number of nitrogens with one attached hydrogen (secondary N) is 2. The van der Waals surface area contributed by atoms with Crippen molar-refractivity contribution in [3.63, 3.8) is 0 Å². The van der Waals surface area contributed by atoms with Crippen molar-refractivity contribution in [1.29, 1.82) is 0 Å². The maximum Gasteiger partial charge on any atom is 0.276 e. The lowest BCUT2D eigenvalue weighted by Crippen LogP contribution is -2.10. The molecular formula is C11H8ClF2N5O2. The molecule has 0 radical (unpaired) electrons. The molecule has 0 fully saturated rings. The first-order valence-electron chi connectivity index (χ1n) is 5.45. The van der Waals surface area contributed by atoms with Gasteiger partial charge in [0.2, 0.25) is 0 Å². The van der Waals surface area contributed by atoms with E-state index in [1.165, 1.54) is 0 Å². The number of hydrazine groups is 1. The Balaban J connectivity index is 2.44. The molecule has 4 N–H and O–H groups in total. The summed E-state index contributed by atoms with van der Waals surface area (Å²) < 4.78 is 26.6. The third-order valence-corrected chi connectivity index (χ3v) is 2.73. The van der Waals surface area contributed by atoms with Crippen molar-refractivity contribution in [3.05, 3.63) is 51.0 Å². The van der Waals surface area contributed by atoms with Gasteiger partial charge in [-0.1, -0.05) is 11.6 Å². The summed E-state index contributed by atoms with van der Waals surface area (Å²) in [6.45, 7) is 0. The van der Waals surface area contributed by atoms with Gasteiger partial charge in [0.05, 0.1) is 27.8 Å². The number of nitrogens with zero attached hydrogens (tertiary/aromatic N) is 2. The lowest BCUT2D eigenvalue weighted by molar-refractivity contribution is -0.384. The van der Waals surface area contributed by atoms with E-state index >= 15 is 0 Å². The number of hydrogen-bond acceptors (Lipinski definition) is 6. The van der Waals surface area contributed by atoms with Crippen LogP contribution in [0.4, 0.5) is 31.8 Å². The van der Waals surface area contributed by atoms with Gasteiger partial charge in [0.15, 0.2) is 5.82 Å². The van der Waals surface area contributed by atoms with Gasteiger partial charge >= 0.3 is 0 Å². The van der Waals surface area contributed by atoms with Crippen LogP contribution in [0.25, 0.3) is 0 Å². The molecule has 2 aromatic rings. The van der Waals surface area contributed by atoms with Crippen LogP contribution in [-0.4, -0.2) is 9.91 Å². The molecule has 7 nitrogen and oxygen atoms in total. The molecular weight excluding hydrogens is 308 g/mol. The third kappa shape index (κ3) is 3.33. The number of benzene rings is 1. The number of halogens is 3. The normalized spacial score (nSPS) is 10.3. The van der Waals surface area contributed by atoms with Crippen molar-refractivity contribution in [1.82, 2.24) is 4.98 Å². The average molecular weight is 316 g/mol. The molecule has 21 heavy (non-hydrogen) atoms. The van der Waals surface area contributed by atoms with Gasteiger partial charge in [-0.25, -0.2) is 19.6 Å². The summed E-state index contributed by atoms with van der Waals surface area (Å²) in [5, 5.41) is 13.0. The number of pyridine rings is 1. The van der Waals surface area contributed by atoms with E-state index in [2.05, 4.69) is 15.7 Å². The van der Waals surface area contributed by atoms with Crippen molar-refractivity contribution in [3.8, 4) is 0 Å². The Hall–Kier alpha value is -2.52. The average Bonchev–Trinajstić information content (AvgIpc) is 2.42. The van der Waals surface area contributed by atoms with Gasteiger partial charge in [-0.3, -0.25) is 10.1 Å². The zero-order valence-electron chi connectivity index (χ0n) is 10.2. The highest BCUT2D eigenvalue weighted by Gasteiger charge is 2.15. The number of anilines is 3. The highest BCUT2D eigenvalue weighted by Crippen LogP contribution is 2.30. The molecule has 110 valence electrons. The standard InChI is InChI=1S/C11H8ClF2N5O2/c12-7-1-5(13)2-8(14)11(7)17-9-3-6(19(20)21)4-10(16-9)18-15/h1-4H,15H2,(H2,16,17,18). The Kier molecular flexibility index (Phi) is 4.15. The van der Waals surface area contributed by atoms with Gasteiger partial charge in [-0.15, -0.1) is 0 Å². The highest BCUT2D eigenvalue weighted by atomic mass is 35.5. The van der Waals surface area contributed by atoms with Crippen LogP contribution >= 0.6 is 11.6 Å². The Morgan fingerprint density at radius 2 is 1.90 bits per heavy atom. The first-order chi connectivity index (χ1) is 9.90. The minimum atomic E-state index is -0.962. The van der Waals surface area contributed by atoms with E-state index in [0.29, 0.717) is 6.07 Å². The van der Waals surface area contributed by atoms with E-state index in [1.807, 2.05) is 0 Å². The first kappa shape index (κ1) is 14.9. The van der Waals surface area contributed by atoms with Crippen LogP contribution in [-0.2, 0) is 0 Å². The van der Waals surface area contributed by atoms with E-state index in [-0.39, 0.29) is 28.0 Å². The lowest BCUT2D eigenvalue weighted by atomic mass is 10.3. The molecule has 0 spiro atoms. The van der Waals surface area contributed by atoms with Crippen molar-refractivity contribution in [2.75, 3.05) is 10.7 Å². The molecule has 0 unspecified atom stereocenters. The Bertz CT molecular complexity index is 690. The summed E-state index contributed by atoms with van der Waals surface area (Å²) in [6, 6.07) is 3.66. The van der Waals surface area contributed by atoms with E-state index < -0.39 is 16.6 Å². The summed E-state index contributed by atoms with van der Waals surface area (Å²) in [6.07, 6.45) is 0. The number of nitro groups is 1. The summed E-state index contributed by atoms with van der Waals surface area (Å²) in [7, 11) is 0. The Morgan fingerprint density at radius 1 is 1.24 bits per heavy atom. The quantitative estimate of drug-likeness (QED) is 0.455. The zero-order valence-corrected chi connectivity index (χ0v) is 11.0. The fourth-order valence-electron chi connectivity index (χ4n) is 1.55. The highest BCUT2D eigenvalue weighted by molar-refractivity contribution is 6.33. The van der Waals surface area contributed by atoms with Gasteiger partial charge < -0.3 is 10.7 Å². The number of nitrogens with two attached hydrogens (primary N) is 1. The zero-order chi connectivity index (χ0) is 15.6. The second-order valence-electron chi connectivity index (χ2n) is 3.87. The fraction of sp³-hybridized carbons (Fsp3) is 0. The summed E-state index contributed by atoms with van der Waals surface area (Å²) in [4.78, 5) is 14.0. The van der Waals surface area contributed by atoms with Gasteiger partial charge in [0.1, 0.15) is 17.5 Å². The van der Waals surface area contributed by atoms with E-state index in [9.17, 15) is 18.9 Å². The van der Waals surface area contributed by atoms with Gasteiger partial charge in [0, 0.05) is 6.07 Å². The van der Waals surface area contributed by atoms with Gasteiger partial charge in [-0.05, 0) is 6.07 Å². The minimum Gasteiger partial charge on any atom is -0.336 e. The largest absolute Gasteiger partial charge is 0.336 e. The molecule has 1 heterocycles. The molecule has 10 heteroatoms. The molecule has 0 aliphatic carbocycles. The molecule has 0 saturated carbocycles. The van der Waals surface area contributed by atoms with Crippen molar-refractivity contribution < 1.29 is 13.7 Å². The molecule has 1 aromatic carbocycles. The summed E-state index contributed by atoms with van der Waals surface area (Å²) >= 11 is 5.72. The van der Waals surface area contributed by atoms with E-state index in [4.69, 9.17) is 17.4 Å². The second kappa shape index (κ2) is 5.85. The summed E-state index contributed by atoms with van der Waals surface area (Å²) in [5.74, 6) is 3.25. The van der Waals surface area contributed by atoms with Gasteiger partial charge in [-0.2, -0.15) is 0 Å². The molecule has 0 bridgehead atoms. The van der Waals surface area contributed by atoms with Crippen molar-refractivity contribution in [2.45, 2.75) is 0 Å². The van der Waals surface area contributed by atoms with E-state index in [0.717, 1.165) is 18.2 Å². The first-order valence-corrected chi connectivity index (χ1v) is 5.83. The van der Waals surface area contributed by atoms with Crippen LogP contribution in [0.5, 0.6) is 0 Å². The number of hydrogen-bond donors (Lipinski definition) is 3. The topological polar surface area (TPSA) is 106 Å². The second-order valence-corrected chi connectivity index (χ2v) is 4.27. The molecule has 0 atom stereocenters. The minimum absolute atomic E-state index is 0.00894. The fourth-order valence-corrected chi connectivity index (χ4v) is 1.79. The van der Waals surface area contributed by atoms with Crippen LogP contribution in [0.1, 0.15) is 0 Å². The molecule has 0 aliphatic heterocycles. The number of rotatable bonds is 4. The summed E-state index contributed by atoms with van der Waals surface area (Å²) in [5.41, 5.74) is 1.57. The van der Waals surface area contributed by atoms with Crippen LogP contribution in [0.3, 0.4) is 0 Å². The SMILES string of the molecule is NNc1cc([N+](=O)[O-])cc(Nc2c(F)cc(F)cc2Cl)n1. The molecule has 0 aliphatic rings. The third-order valence-electron chi connectivity index (χ3n) is 2.43. The predicted molar refractivity (Wildman–Crippen MR) is 73.4 cm³/mol. The van der Waals surface area contributed by atoms with Crippen molar-refractivity contribution in [2.24, 2.45) is 5.84 Å². The Labute approximate surface area is 121 Å². The van der Waals surface area contributed by atoms with Gasteiger partial charge in [0.25, 0.3) is 5.69 Å². The molecule has 0 saturated heterocycles. The maximum atomic E-state index is 13.6. The van der Waals surface area contributed by atoms with Crippen molar-refractivity contribution >= 4 is 34.6 Å². The molecule has 2 rings (SSSR count). The number of aromatic nitrogens is 1. The van der Waals surface area contributed by atoms with Crippen LogP contribution in [0, 0.1) is 21.7 Å². The lowest BCUT2D eigenvalue weighted by Gasteiger charge is -2.10. The van der Waals surface area contributed by atoms with E-state index in [1.54, 1.807) is 0 Å². The number of nitrogen functional groups attached to an aromatic ring is 1. The molecule has 0 amide bonds. The predicted octanol–water partition coefficient (Wildman–Crippen LogP) is 2.95. The molecule has 1 aromatic heterocycles. The van der Waals surface area contributed by atoms with Crippen LogP contribution in [0.2, 0.25) is 5.02 Å². The Morgan fingerprint density at radius 3 is 2.48 bits per heavy atom. The van der Waals surface area contributed by atoms with Crippen LogP contribution < -0.4 is 16.6 Å². The monoisotopic (exact) mass is 315 g/mol. The smallest absolute Gasteiger partial charge is 0.276 e.